The Morgan fingerprint density at radius 3 is 2.38 bits per heavy atom. The quantitative estimate of drug-likeness (QED) is 0.626. The van der Waals surface area contributed by atoms with Crippen molar-refractivity contribution >= 4 is 23.0 Å². The van der Waals surface area contributed by atoms with Gasteiger partial charge >= 0.3 is 0 Å². The lowest BCUT2D eigenvalue weighted by molar-refractivity contribution is -0.115. The fraction of sp³-hybridized carbons (Fsp3) is 0.182. The SMILES string of the molecule is CC1=C(c2ccccc2)[C@@H](Cl)C1=O. The molecule has 0 radical (unpaired) electrons. The molecule has 0 aliphatic heterocycles. The molecule has 0 aromatic heterocycles. The number of halogens is 1. The van der Waals surface area contributed by atoms with E-state index in [1.807, 2.05) is 37.3 Å². The number of hydrogen-bond donors (Lipinski definition) is 0. The molecule has 13 heavy (non-hydrogen) atoms. The van der Waals surface area contributed by atoms with Gasteiger partial charge < -0.3 is 0 Å². The predicted molar refractivity (Wildman–Crippen MR) is 53.7 cm³/mol. The van der Waals surface area contributed by atoms with Gasteiger partial charge in [0.05, 0.1) is 0 Å². The summed E-state index contributed by atoms with van der Waals surface area (Å²) in [6.07, 6.45) is 0. The zero-order valence-corrected chi connectivity index (χ0v) is 8.01. The lowest BCUT2D eigenvalue weighted by Gasteiger charge is -2.25. The fourth-order valence-electron chi connectivity index (χ4n) is 1.55. The van der Waals surface area contributed by atoms with Crippen LogP contribution in [0.3, 0.4) is 0 Å². The molecule has 1 atom stereocenters. The monoisotopic (exact) mass is 192 g/mol. The first-order valence-electron chi connectivity index (χ1n) is 4.16. The highest BCUT2D eigenvalue weighted by Gasteiger charge is 2.34. The molecule has 0 spiro atoms. The van der Waals surface area contributed by atoms with Crippen LogP contribution in [0, 0.1) is 0 Å². The number of carbonyl (C=O) groups excluding carboxylic acids is 1. The van der Waals surface area contributed by atoms with Gasteiger partial charge in [-0.15, -0.1) is 11.6 Å². The van der Waals surface area contributed by atoms with Crippen LogP contribution in [0.5, 0.6) is 0 Å². The van der Waals surface area contributed by atoms with Crippen molar-refractivity contribution in [2.24, 2.45) is 0 Å². The molecule has 0 fully saturated rings. The minimum atomic E-state index is -0.428. The average molecular weight is 193 g/mol. The lowest BCUT2D eigenvalue weighted by Crippen LogP contribution is -2.29. The van der Waals surface area contributed by atoms with Crippen LogP contribution in [0.15, 0.2) is 35.9 Å². The molecule has 0 N–H and O–H groups in total. The second-order valence-electron chi connectivity index (χ2n) is 3.13. The standard InChI is InChI=1S/C11H9ClO/c1-7-9(10(12)11(7)13)8-5-3-2-4-6-8/h2-6,10H,1H3/t10-/m1/s1. The Labute approximate surface area is 82.0 Å². The van der Waals surface area contributed by atoms with Gasteiger partial charge in [0.15, 0.2) is 5.78 Å². The van der Waals surface area contributed by atoms with Crippen LogP contribution in [0.4, 0.5) is 0 Å². The van der Waals surface area contributed by atoms with E-state index in [1.165, 1.54) is 0 Å². The normalized spacial score (nSPS) is 21.7. The van der Waals surface area contributed by atoms with Gasteiger partial charge in [0, 0.05) is 0 Å². The highest BCUT2D eigenvalue weighted by molar-refractivity contribution is 6.46. The smallest absolute Gasteiger partial charge is 0.181 e. The minimum Gasteiger partial charge on any atom is -0.292 e. The third-order valence-corrected chi connectivity index (χ3v) is 2.76. The van der Waals surface area contributed by atoms with E-state index in [9.17, 15) is 4.79 Å². The van der Waals surface area contributed by atoms with Crippen molar-refractivity contribution < 1.29 is 4.79 Å². The van der Waals surface area contributed by atoms with E-state index in [4.69, 9.17) is 11.6 Å². The van der Waals surface area contributed by atoms with Crippen molar-refractivity contribution in [3.63, 3.8) is 0 Å². The predicted octanol–water partition coefficient (Wildman–Crippen LogP) is 2.65. The maximum absolute atomic E-state index is 11.2. The van der Waals surface area contributed by atoms with Gasteiger partial charge in [-0.25, -0.2) is 0 Å². The Kier molecular flexibility index (Phi) is 1.97. The number of ketones is 1. The third kappa shape index (κ3) is 1.20. The summed E-state index contributed by atoms with van der Waals surface area (Å²) >= 11 is 5.89. The van der Waals surface area contributed by atoms with Gasteiger partial charge in [0.1, 0.15) is 5.38 Å². The number of Topliss-reactive ketones (excluding diaryl/α,β-unsaturated/α-hetero) is 1. The molecule has 1 nitrogen and oxygen atoms in total. The first-order valence-corrected chi connectivity index (χ1v) is 4.60. The summed E-state index contributed by atoms with van der Waals surface area (Å²) in [7, 11) is 0. The largest absolute Gasteiger partial charge is 0.292 e. The van der Waals surface area contributed by atoms with Crippen LogP contribution in [-0.4, -0.2) is 11.2 Å². The Morgan fingerprint density at radius 1 is 1.23 bits per heavy atom. The Bertz CT molecular complexity index is 378. The van der Waals surface area contributed by atoms with E-state index in [0.29, 0.717) is 0 Å². The summed E-state index contributed by atoms with van der Waals surface area (Å²) in [5.41, 5.74) is 2.83. The first kappa shape index (κ1) is 8.52. The second kappa shape index (κ2) is 3.00. The molecule has 1 aromatic rings. The summed E-state index contributed by atoms with van der Waals surface area (Å²) < 4.78 is 0. The van der Waals surface area contributed by atoms with E-state index < -0.39 is 5.38 Å². The summed E-state index contributed by atoms with van der Waals surface area (Å²) in [6.45, 7) is 1.82. The van der Waals surface area contributed by atoms with Crippen LogP contribution >= 0.6 is 11.6 Å². The fourth-order valence-corrected chi connectivity index (χ4v) is 2.00. The average Bonchev–Trinajstić information content (AvgIpc) is 2.19. The second-order valence-corrected chi connectivity index (χ2v) is 3.57. The molecule has 0 bridgehead atoms. The van der Waals surface area contributed by atoms with Gasteiger partial charge in [0.25, 0.3) is 0 Å². The third-order valence-electron chi connectivity index (χ3n) is 2.34. The summed E-state index contributed by atoms with van der Waals surface area (Å²) in [6, 6.07) is 9.79. The zero-order valence-electron chi connectivity index (χ0n) is 7.25. The molecule has 0 unspecified atom stereocenters. The molecule has 1 aliphatic rings. The number of carbonyl (C=O) groups is 1. The molecule has 0 heterocycles. The van der Waals surface area contributed by atoms with Crippen molar-refractivity contribution in [3.05, 3.63) is 41.5 Å². The van der Waals surface area contributed by atoms with Crippen molar-refractivity contribution in [2.75, 3.05) is 0 Å². The highest BCUT2D eigenvalue weighted by Crippen LogP contribution is 2.36. The van der Waals surface area contributed by atoms with Gasteiger partial charge in [-0.1, -0.05) is 30.3 Å². The van der Waals surface area contributed by atoms with Crippen molar-refractivity contribution in [1.29, 1.82) is 0 Å². The molecular formula is C11H9ClO. The molecule has 1 aliphatic carbocycles. The molecule has 0 amide bonds. The van der Waals surface area contributed by atoms with Crippen LogP contribution in [0.1, 0.15) is 12.5 Å². The zero-order chi connectivity index (χ0) is 9.42. The molecule has 2 heteroatoms. The Balaban J connectivity index is 2.45. The molecule has 0 saturated heterocycles. The maximum Gasteiger partial charge on any atom is 0.181 e. The van der Waals surface area contributed by atoms with Crippen molar-refractivity contribution in [2.45, 2.75) is 12.3 Å². The first-order chi connectivity index (χ1) is 6.22. The van der Waals surface area contributed by atoms with E-state index in [1.54, 1.807) is 0 Å². The lowest BCUT2D eigenvalue weighted by atomic mass is 9.83. The molecule has 0 saturated carbocycles. The molecular weight excluding hydrogens is 184 g/mol. The Hall–Kier alpha value is -1.08. The van der Waals surface area contributed by atoms with Crippen LogP contribution in [0.25, 0.3) is 5.57 Å². The van der Waals surface area contributed by atoms with Gasteiger partial charge in [0.2, 0.25) is 0 Å². The number of benzene rings is 1. The number of alkyl halides is 1. The van der Waals surface area contributed by atoms with Crippen molar-refractivity contribution in [1.82, 2.24) is 0 Å². The van der Waals surface area contributed by atoms with Gasteiger partial charge in [-0.2, -0.15) is 0 Å². The number of hydrogen-bond acceptors (Lipinski definition) is 1. The maximum atomic E-state index is 11.2. The highest BCUT2D eigenvalue weighted by atomic mass is 35.5. The summed E-state index contributed by atoms with van der Waals surface area (Å²) in [5.74, 6) is 0.0560. The Morgan fingerprint density at radius 2 is 1.85 bits per heavy atom. The van der Waals surface area contributed by atoms with Gasteiger partial charge in [-0.3, -0.25) is 4.79 Å². The van der Waals surface area contributed by atoms with Gasteiger partial charge in [-0.05, 0) is 23.6 Å². The molecule has 1 aromatic carbocycles. The minimum absolute atomic E-state index is 0.0560. The summed E-state index contributed by atoms with van der Waals surface area (Å²) in [5, 5.41) is -0.428. The number of rotatable bonds is 1. The van der Waals surface area contributed by atoms with E-state index in [2.05, 4.69) is 0 Å². The van der Waals surface area contributed by atoms with Crippen LogP contribution in [0.2, 0.25) is 0 Å². The van der Waals surface area contributed by atoms with Crippen molar-refractivity contribution in [3.8, 4) is 0 Å². The number of allylic oxidation sites excluding steroid dienone is 2. The van der Waals surface area contributed by atoms with Crippen LogP contribution < -0.4 is 0 Å². The topological polar surface area (TPSA) is 17.1 Å². The van der Waals surface area contributed by atoms with Crippen LogP contribution in [-0.2, 0) is 4.79 Å². The van der Waals surface area contributed by atoms with E-state index >= 15 is 0 Å². The molecule has 2 rings (SSSR count). The van der Waals surface area contributed by atoms with E-state index in [0.717, 1.165) is 16.7 Å². The molecule has 66 valence electrons. The summed E-state index contributed by atoms with van der Waals surface area (Å²) in [4.78, 5) is 11.2. The van der Waals surface area contributed by atoms with E-state index in [-0.39, 0.29) is 5.78 Å².